The molecule has 1 aromatic rings. The molecule has 0 bridgehead atoms. The third kappa shape index (κ3) is 4.49. The summed E-state index contributed by atoms with van der Waals surface area (Å²) >= 11 is 0. The zero-order chi connectivity index (χ0) is 17.7. The molecule has 0 atom stereocenters. The van der Waals surface area contributed by atoms with Crippen LogP contribution in [0.3, 0.4) is 0 Å². The van der Waals surface area contributed by atoms with E-state index in [1.807, 2.05) is 31.7 Å². The van der Waals surface area contributed by atoms with Crippen LogP contribution in [0.5, 0.6) is 5.75 Å². The molecule has 1 saturated heterocycles. The molecular weight excluding hydrogens is 304 g/mol. The van der Waals surface area contributed by atoms with Crippen molar-refractivity contribution in [3.63, 3.8) is 0 Å². The minimum atomic E-state index is 0.00435. The van der Waals surface area contributed by atoms with Crippen LogP contribution in [0.2, 0.25) is 0 Å². The van der Waals surface area contributed by atoms with Gasteiger partial charge in [-0.05, 0) is 56.4 Å². The van der Waals surface area contributed by atoms with Gasteiger partial charge in [-0.25, -0.2) is 0 Å². The van der Waals surface area contributed by atoms with E-state index in [9.17, 15) is 9.59 Å². The molecule has 0 unspecified atom stereocenters. The van der Waals surface area contributed by atoms with Crippen molar-refractivity contribution in [3.05, 3.63) is 28.8 Å². The van der Waals surface area contributed by atoms with E-state index in [0.717, 1.165) is 35.3 Å². The minimum absolute atomic E-state index is 0.00435. The molecule has 5 heteroatoms. The third-order valence-corrected chi connectivity index (χ3v) is 4.70. The summed E-state index contributed by atoms with van der Waals surface area (Å²) < 4.78 is 5.60. The number of amides is 2. The van der Waals surface area contributed by atoms with Crippen LogP contribution in [0.4, 0.5) is 0 Å². The molecule has 1 aromatic carbocycles. The van der Waals surface area contributed by atoms with E-state index in [0.29, 0.717) is 26.2 Å². The quantitative estimate of drug-likeness (QED) is 0.901. The number of nitrogens with one attached hydrogen (secondary N) is 1. The van der Waals surface area contributed by atoms with Crippen molar-refractivity contribution in [3.8, 4) is 5.75 Å². The standard InChI is InChI=1S/C19H28N2O3/c1-5-24-18-11-13(2)17(10-14(18)3)12-20-19(23)16-6-8-21(9-7-16)15(4)22/h10-11,16H,5-9,12H2,1-4H3,(H,20,23). The summed E-state index contributed by atoms with van der Waals surface area (Å²) in [5.74, 6) is 1.09. The van der Waals surface area contributed by atoms with Crippen molar-refractivity contribution < 1.29 is 14.3 Å². The average molecular weight is 332 g/mol. The van der Waals surface area contributed by atoms with Crippen molar-refractivity contribution >= 4 is 11.8 Å². The number of carbonyl (C=O) groups is 2. The van der Waals surface area contributed by atoms with Gasteiger partial charge >= 0.3 is 0 Å². The lowest BCUT2D eigenvalue weighted by Crippen LogP contribution is -2.42. The minimum Gasteiger partial charge on any atom is -0.494 e. The number of likely N-dealkylation sites (tertiary alicyclic amines) is 1. The van der Waals surface area contributed by atoms with Crippen LogP contribution < -0.4 is 10.1 Å². The molecule has 0 radical (unpaired) electrons. The Hall–Kier alpha value is -2.04. The number of ether oxygens (including phenoxy) is 1. The number of rotatable bonds is 5. The SMILES string of the molecule is CCOc1cc(C)c(CNC(=O)C2CCN(C(C)=O)CC2)cc1C. The van der Waals surface area contributed by atoms with Gasteiger partial charge in [-0.15, -0.1) is 0 Å². The van der Waals surface area contributed by atoms with Crippen LogP contribution in [0.1, 0.15) is 43.4 Å². The summed E-state index contributed by atoms with van der Waals surface area (Å²) in [5, 5.41) is 3.05. The monoisotopic (exact) mass is 332 g/mol. The summed E-state index contributed by atoms with van der Waals surface area (Å²) in [5.41, 5.74) is 3.32. The summed E-state index contributed by atoms with van der Waals surface area (Å²) in [4.78, 5) is 25.5. The molecule has 0 aliphatic carbocycles. The highest BCUT2D eigenvalue weighted by Crippen LogP contribution is 2.23. The summed E-state index contributed by atoms with van der Waals surface area (Å²) in [7, 11) is 0. The van der Waals surface area contributed by atoms with E-state index < -0.39 is 0 Å². The van der Waals surface area contributed by atoms with E-state index in [2.05, 4.69) is 11.4 Å². The van der Waals surface area contributed by atoms with E-state index in [4.69, 9.17) is 4.74 Å². The van der Waals surface area contributed by atoms with Gasteiger partial charge in [-0.3, -0.25) is 9.59 Å². The maximum absolute atomic E-state index is 12.4. The van der Waals surface area contributed by atoms with Gasteiger partial charge in [0.05, 0.1) is 6.61 Å². The number of carbonyl (C=O) groups excluding carboxylic acids is 2. The number of hydrogen-bond donors (Lipinski definition) is 1. The van der Waals surface area contributed by atoms with Crippen LogP contribution in [0, 0.1) is 19.8 Å². The van der Waals surface area contributed by atoms with Gasteiger partial charge in [0.15, 0.2) is 0 Å². The summed E-state index contributed by atoms with van der Waals surface area (Å²) in [6, 6.07) is 4.12. The topological polar surface area (TPSA) is 58.6 Å². The Bertz CT molecular complexity index is 605. The molecule has 132 valence electrons. The first kappa shape index (κ1) is 18.3. The number of nitrogens with zero attached hydrogens (tertiary/aromatic N) is 1. The number of aryl methyl sites for hydroxylation is 2. The van der Waals surface area contributed by atoms with Crippen LogP contribution in [-0.4, -0.2) is 36.4 Å². The lowest BCUT2D eigenvalue weighted by Gasteiger charge is -2.30. The zero-order valence-electron chi connectivity index (χ0n) is 15.1. The molecule has 24 heavy (non-hydrogen) atoms. The van der Waals surface area contributed by atoms with Gasteiger partial charge in [0.2, 0.25) is 11.8 Å². The Balaban J connectivity index is 1.90. The second-order valence-corrected chi connectivity index (χ2v) is 6.48. The molecule has 0 spiro atoms. The van der Waals surface area contributed by atoms with Gasteiger partial charge in [-0.2, -0.15) is 0 Å². The van der Waals surface area contributed by atoms with E-state index in [-0.39, 0.29) is 17.7 Å². The first-order valence-corrected chi connectivity index (χ1v) is 8.68. The highest BCUT2D eigenvalue weighted by molar-refractivity contribution is 5.79. The molecule has 5 nitrogen and oxygen atoms in total. The molecule has 1 aliphatic rings. The molecule has 1 fully saturated rings. The van der Waals surface area contributed by atoms with Gasteiger partial charge in [0.25, 0.3) is 0 Å². The summed E-state index contributed by atoms with van der Waals surface area (Å²) in [6.45, 7) is 10.1. The Morgan fingerprint density at radius 2 is 1.88 bits per heavy atom. The first-order valence-electron chi connectivity index (χ1n) is 8.68. The second-order valence-electron chi connectivity index (χ2n) is 6.48. The van der Waals surface area contributed by atoms with Crippen LogP contribution in [-0.2, 0) is 16.1 Å². The predicted octanol–water partition coefficient (Wildman–Crippen LogP) is 2.58. The Morgan fingerprint density at radius 3 is 2.46 bits per heavy atom. The molecular formula is C19H28N2O3. The normalized spacial score (nSPS) is 15.2. The van der Waals surface area contributed by atoms with E-state index in [1.54, 1.807) is 6.92 Å². The van der Waals surface area contributed by atoms with Gasteiger partial charge in [0.1, 0.15) is 5.75 Å². The molecule has 1 aliphatic heterocycles. The largest absolute Gasteiger partial charge is 0.494 e. The maximum Gasteiger partial charge on any atom is 0.223 e. The van der Waals surface area contributed by atoms with Crippen LogP contribution in [0.25, 0.3) is 0 Å². The fourth-order valence-corrected chi connectivity index (χ4v) is 3.13. The van der Waals surface area contributed by atoms with E-state index in [1.165, 1.54) is 0 Å². The number of piperidine rings is 1. The summed E-state index contributed by atoms with van der Waals surface area (Å²) in [6.07, 6.45) is 1.49. The third-order valence-electron chi connectivity index (χ3n) is 4.70. The number of benzene rings is 1. The lowest BCUT2D eigenvalue weighted by molar-refractivity contribution is -0.134. The van der Waals surface area contributed by atoms with Crippen LogP contribution in [0.15, 0.2) is 12.1 Å². The fourth-order valence-electron chi connectivity index (χ4n) is 3.13. The Morgan fingerprint density at radius 1 is 1.21 bits per heavy atom. The molecule has 2 rings (SSSR count). The maximum atomic E-state index is 12.4. The highest BCUT2D eigenvalue weighted by atomic mass is 16.5. The van der Waals surface area contributed by atoms with Gasteiger partial charge in [0, 0.05) is 32.5 Å². The number of hydrogen-bond acceptors (Lipinski definition) is 3. The van der Waals surface area contributed by atoms with Crippen LogP contribution >= 0.6 is 0 Å². The van der Waals surface area contributed by atoms with Crippen molar-refractivity contribution in [2.24, 2.45) is 5.92 Å². The van der Waals surface area contributed by atoms with Crippen molar-refractivity contribution in [1.29, 1.82) is 0 Å². The van der Waals surface area contributed by atoms with Crippen molar-refractivity contribution in [2.75, 3.05) is 19.7 Å². The molecule has 0 saturated carbocycles. The van der Waals surface area contributed by atoms with E-state index >= 15 is 0 Å². The Kier molecular flexibility index (Phi) is 6.23. The fraction of sp³-hybridized carbons (Fsp3) is 0.579. The molecule has 0 aromatic heterocycles. The van der Waals surface area contributed by atoms with Gasteiger partial charge in [-0.1, -0.05) is 6.07 Å². The molecule has 1 heterocycles. The average Bonchev–Trinajstić information content (AvgIpc) is 2.56. The molecule has 2 amide bonds. The lowest BCUT2D eigenvalue weighted by atomic mass is 9.95. The molecule has 1 N–H and O–H groups in total. The zero-order valence-corrected chi connectivity index (χ0v) is 15.1. The predicted molar refractivity (Wildman–Crippen MR) is 93.9 cm³/mol. The first-order chi connectivity index (χ1) is 11.4. The van der Waals surface area contributed by atoms with Gasteiger partial charge < -0.3 is 15.0 Å². The smallest absolute Gasteiger partial charge is 0.223 e. The second kappa shape index (κ2) is 8.18. The highest BCUT2D eigenvalue weighted by Gasteiger charge is 2.25. The van der Waals surface area contributed by atoms with Crippen molar-refractivity contribution in [2.45, 2.75) is 47.1 Å². The van der Waals surface area contributed by atoms with Crippen molar-refractivity contribution in [1.82, 2.24) is 10.2 Å². The Labute approximate surface area is 144 Å².